The molecular formula is C27H30Cl2F2N2O6S. The highest BCUT2D eigenvalue weighted by molar-refractivity contribution is 8.00. The van der Waals surface area contributed by atoms with E-state index >= 15 is 0 Å². The number of benzene rings is 1. The lowest BCUT2D eigenvalue weighted by Crippen LogP contribution is -2.43. The molecule has 8 nitrogen and oxygen atoms in total. The first-order valence-corrected chi connectivity index (χ1v) is 14.5. The fourth-order valence-corrected chi connectivity index (χ4v) is 5.55. The van der Waals surface area contributed by atoms with Crippen LogP contribution < -0.4 is 9.47 Å². The summed E-state index contributed by atoms with van der Waals surface area (Å²) in [4.78, 5) is 31.5. The van der Waals surface area contributed by atoms with Gasteiger partial charge in [-0.25, -0.2) is 9.59 Å². The number of carbonyl (C=O) groups excluding carboxylic acids is 2. The molecule has 13 heteroatoms. The SMILES string of the molecule is CC(C)(C)OC(=O)N1CCSC1C(=O)OC(Cc1c(Cl)cncc1Cl)c1ccc(OC(F)F)c(OCC2CC2)c1. The van der Waals surface area contributed by atoms with Crippen molar-refractivity contribution in [3.05, 3.63) is 51.8 Å². The maximum atomic E-state index is 13.5. The Morgan fingerprint density at radius 3 is 2.48 bits per heavy atom. The lowest BCUT2D eigenvalue weighted by atomic mass is 10.0. The Bertz CT molecular complexity index is 1210. The summed E-state index contributed by atoms with van der Waals surface area (Å²) in [5.41, 5.74) is 0.179. The zero-order chi connectivity index (χ0) is 29.0. The molecule has 2 atom stereocenters. The van der Waals surface area contributed by atoms with Crippen LogP contribution in [0.15, 0.2) is 30.6 Å². The summed E-state index contributed by atoms with van der Waals surface area (Å²) in [5.74, 6) is 0.164. The van der Waals surface area contributed by atoms with Crippen molar-refractivity contribution in [3.8, 4) is 11.5 Å². The summed E-state index contributed by atoms with van der Waals surface area (Å²) in [6, 6.07) is 4.36. The average Bonchev–Trinajstić information content (AvgIpc) is 3.56. The van der Waals surface area contributed by atoms with Crippen molar-refractivity contribution in [2.45, 2.75) is 63.7 Å². The predicted octanol–water partition coefficient (Wildman–Crippen LogP) is 6.92. The van der Waals surface area contributed by atoms with Crippen LogP contribution in [-0.2, 0) is 20.7 Å². The molecule has 2 unspecified atom stereocenters. The zero-order valence-corrected chi connectivity index (χ0v) is 24.5. The minimum Gasteiger partial charge on any atom is -0.489 e. The molecule has 0 N–H and O–H groups in total. The highest BCUT2D eigenvalue weighted by Crippen LogP contribution is 2.38. The van der Waals surface area contributed by atoms with Gasteiger partial charge in [0.25, 0.3) is 0 Å². The first kappa shape index (κ1) is 30.5. The lowest BCUT2D eigenvalue weighted by Gasteiger charge is -2.28. The molecule has 2 aliphatic rings. The van der Waals surface area contributed by atoms with Crippen LogP contribution in [0.3, 0.4) is 0 Å². The number of pyridine rings is 1. The first-order valence-electron chi connectivity index (χ1n) is 12.7. The number of amides is 1. The van der Waals surface area contributed by atoms with Crippen LogP contribution in [0.5, 0.6) is 11.5 Å². The molecule has 1 aromatic carbocycles. The van der Waals surface area contributed by atoms with E-state index in [2.05, 4.69) is 9.72 Å². The molecule has 2 aromatic rings. The fourth-order valence-electron chi connectivity index (χ4n) is 3.94. The van der Waals surface area contributed by atoms with Crippen LogP contribution in [-0.4, -0.2) is 58.4 Å². The zero-order valence-electron chi connectivity index (χ0n) is 22.2. The standard InChI is InChI=1S/C27H30Cl2F2N2O6S/c1-27(2,3)39-26(35)33-8-9-40-23(33)24(34)37-21(11-17-18(28)12-32-13-19(17)29)16-6-7-20(38-25(30)31)22(10-16)36-14-15-4-5-15/h6-7,10,12-13,15,21,23,25H,4-5,8-9,11,14H2,1-3H3. The Morgan fingerprint density at radius 1 is 1.15 bits per heavy atom. The number of ether oxygens (including phenoxy) is 4. The van der Waals surface area contributed by atoms with E-state index in [4.69, 9.17) is 37.4 Å². The van der Waals surface area contributed by atoms with Gasteiger partial charge in [0.2, 0.25) is 0 Å². The number of nitrogens with zero attached hydrogens (tertiary/aromatic N) is 2. The number of carbonyl (C=O) groups is 2. The van der Waals surface area contributed by atoms with E-state index < -0.39 is 35.8 Å². The minimum atomic E-state index is -3.05. The summed E-state index contributed by atoms with van der Waals surface area (Å²) >= 11 is 14.0. The van der Waals surface area contributed by atoms with Crippen LogP contribution in [0.25, 0.3) is 0 Å². The second-order valence-corrected chi connectivity index (χ2v) is 12.4. The number of alkyl halides is 2. The van der Waals surface area contributed by atoms with Crippen LogP contribution in [0.4, 0.5) is 13.6 Å². The molecule has 1 aliphatic heterocycles. The Labute approximate surface area is 245 Å². The number of aromatic nitrogens is 1. The first-order chi connectivity index (χ1) is 18.9. The fraction of sp³-hybridized carbons (Fsp3) is 0.519. The molecule has 1 amide bonds. The van der Waals surface area contributed by atoms with Gasteiger partial charge in [0.1, 0.15) is 11.7 Å². The summed E-state index contributed by atoms with van der Waals surface area (Å²) in [6.07, 6.45) is 3.29. The van der Waals surface area contributed by atoms with Crippen molar-refractivity contribution in [2.24, 2.45) is 5.92 Å². The van der Waals surface area contributed by atoms with E-state index in [9.17, 15) is 18.4 Å². The third-order valence-corrected chi connectivity index (χ3v) is 7.88. The predicted molar refractivity (Wildman–Crippen MR) is 147 cm³/mol. The van der Waals surface area contributed by atoms with E-state index in [0.29, 0.717) is 35.9 Å². The van der Waals surface area contributed by atoms with Gasteiger partial charge in [-0.1, -0.05) is 29.3 Å². The average molecular weight is 620 g/mol. The van der Waals surface area contributed by atoms with Gasteiger partial charge in [0.05, 0.1) is 16.7 Å². The molecular weight excluding hydrogens is 589 g/mol. The number of hydrogen-bond donors (Lipinski definition) is 0. The van der Waals surface area contributed by atoms with Crippen LogP contribution >= 0.6 is 35.0 Å². The number of halogens is 4. The number of hydrogen-bond acceptors (Lipinski definition) is 8. The van der Waals surface area contributed by atoms with Crippen LogP contribution in [0.2, 0.25) is 10.0 Å². The lowest BCUT2D eigenvalue weighted by molar-refractivity contribution is -0.151. The highest BCUT2D eigenvalue weighted by Gasteiger charge is 2.39. The molecule has 1 saturated heterocycles. The number of thioether (sulfide) groups is 1. The van der Waals surface area contributed by atoms with Gasteiger partial charge in [-0.2, -0.15) is 8.78 Å². The largest absolute Gasteiger partial charge is 0.489 e. The van der Waals surface area contributed by atoms with Crippen LogP contribution in [0.1, 0.15) is 50.8 Å². The molecule has 1 aliphatic carbocycles. The van der Waals surface area contributed by atoms with Crippen molar-refractivity contribution in [3.63, 3.8) is 0 Å². The second-order valence-electron chi connectivity index (χ2n) is 10.4. The second kappa shape index (κ2) is 13.0. The molecule has 1 saturated carbocycles. The quantitative estimate of drug-likeness (QED) is 0.265. The number of esters is 1. The molecule has 0 spiro atoms. The van der Waals surface area contributed by atoms with Crippen molar-refractivity contribution in [1.29, 1.82) is 0 Å². The van der Waals surface area contributed by atoms with Crippen molar-refractivity contribution in [1.82, 2.24) is 9.88 Å². The number of rotatable bonds is 10. The molecule has 4 rings (SSSR count). The van der Waals surface area contributed by atoms with Crippen molar-refractivity contribution < 1.29 is 37.3 Å². The summed E-state index contributed by atoms with van der Waals surface area (Å²) < 4.78 is 48.0. The van der Waals surface area contributed by atoms with Crippen LogP contribution in [0, 0.1) is 5.92 Å². The normalized spacial score (nSPS) is 18.0. The topological polar surface area (TPSA) is 87.2 Å². The van der Waals surface area contributed by atoms with Crippen molar-refractivity contribution >= 4 is 47.0 Å². The molecule has 0 bridgehead atoms. The molecule has 218 valence electrons. The van der Waals surface area contributed by atoms with E-state index in [1.165, 1.54) is 47.3 Å². The molecule has 0 radical (unpaired) electrons. The Morgan fingerprint density at radius 2 is 1.85 bits per heavy atom. The third kappa shape index (κ3) is 8.27. The monoisotopic (exact) mass is 618 g/mol. The molecule has 2 fully saturated rings. The molecule has 40 heavy (non-hydrogen) atoms. The minimum absolute atomic E-state index is 0.0485. The van der Waals surface area contributed by atoms with E-state index in [0.717, 1.165) is 12.8 Å². The highest BCUT2D eigenvalue weighted by atomic mass is 35.5. The molecule has 2 heterocycles. The summed E-state index contributed by atoms with van der Waals surface area (Å²) in [5, 5.41) is -0.406. The van der Waals surface area contributed by atoms with Crippen molar-refractivity contribution in [2.75, 3.05) is 18.9 Å². The van der Waals surface area contributed by atoms with Gasteiger partial charge in [0.15, 0.2) is 16.9 Å². The third-order valence-electron chi connectivity index (χ3n) is 6.05. The van der Waals surface area contributed by atoms with Gasteiger partial charge in [0, 0.05) is 31.1 Å². The van der Waals surface area contributed by atoms with Gasteiger partial charge < -0.3 is 18.9 Å². The Kier molecular flexibility index (Phi) is 9.89. The Balaban J connectivity index is 1.63. The van der Waals surface area contributed by atoms with Gasteiger partial charge in [-0.05, 0) is 62.8 Å². The van der Waals surface area contributed by atoms with Gasteiger partial charge in [-0.15, -0.1) is 11.8 Å². The van der Waals surface area contributed by atoms with Gasteiger partial charge in [-0.3, -0.25) is 9.88 Å². The van der Waals surface area contributed by atoms with E-state index in [-0.39, 0.29) is 28.0 Å². The summed E-state index contributed by atoms with van der Waals surface area (Å²) in [6.45, 7) is 2.83. The maximum absolute atomic E-state index is 13.5. The van der Waals surface area contributed by atoms with Gasteiger partial charge >= 0.3 is 18.7 Å². The smallest absolute Gasteiger partial charge is 0.411 e. The summed E-state index contributed by atoms with van der Waals surface area (Å²) in [7, 11) is 0. The Hall–Kier alpha value is -2.50. The van der Waals surface area contributed by atoms with E-state index in [1.54, 1.807) is 20.8 Å². The maximum Gasteiger partial charge on any atom is 0.411 e. The molecule has 1 aromatic heterocycles. The van der Waals surface area contributed by atoms with E-state index in [1.807, 2.05) is 0 Å².